The maximum atomic E-state index is 12.8. The third-order valence-corrected chi connectivity index (χ3v) is 6.46. The molecule has 0 bridgehead atoms. The maximum absolute atomic E-state index is 12.8. The molecule has 0 aliphatic rings. The number of aliphatic hydroxyl groups excluding tert-OH is 1. The summed E-state index contributed by atoms with van der Waals surface area (Å²) < 4.78 is 6.12. The van der Waals surface area contributed by atoms with Gasteiger partial charge in [0.05, 0.1) is 0 Å². The van der Waals surface area contributed by atoms with E-state index in [9.17, 15) is 9.90 Å². The van der Waals surface area contributed by atoms with Crippen molar-refractivity contribution in [2.45, 2.75) is 97.8 Å². The molecule has 0 heterocycles. The molecule has 4 nitrogen and oxygen atoms in total. The van der Waals surface area contributed by atoms with E-state index in [4.69, 9.17) is 4.74 Å². The number of hydrogen-bond donors (Lipinski definition) is 2. The molecule has 4 heteroatoms. The van der Waals surface area contributed by atoms with Crippen LogP contribution in [0.15, 0.2) is 42.5 Å². The van der Waals surface area contributed by atoms with E-state index in [0.29, 0.717) is 16.9 Å². The highest BCUT2D eigenvalue weighted by atomic mass is 16.6. The van der Waals surface area contributed by atoms with Crippen molar-refractivity contribution in [3.63, 3.8) is 0 Å². The second kappa shape index (κ2) is 9.66. The van der Waals surface area contributed by atoms with Gasteiger partial charge in [0.1, 0.15) is 5.75 Å². The van der Waals surface area contributed by atoms with E-state index in [1.54, 1.807) is 24.3 Å². The minimum Gasteiger partial charge on any atom is -0.460 e. The van der Waals surface area contributed by atoms with Gasteiger partial charge in [-0.3, -0.25) is 4.79 Å². The monoisotopic (exact) mass is 439 g/mol. The van der Waals surface area contributed by atoms with Crippen LogP contribution >= 0.6 is 0 Å². The predicted octanol–water partition coefficient (Wildman–Crippen LogP) is 6.66. The summed E-state index contributed by atoms with van der Waals surface area (Å²) in [4.78, 5) is 12.8. The molecule has 0 aliphatic carbocycles. The molecule has 0 fully saturated rings. The van der Waals surface area contributed by atoms with Crippen molar-refractivity contribution in [1.29, 1.82) is 0 Å². The van der Waals surface area contributed by atoms with Gasteiger partial charge in [-0.05, 0) is 62.1 Å². The minimum absolute atomic E-state index is 0.0490. The van der Waals surface area contributed by atoms with Gasteiger partial charge in [-0.25, -0.2) is 0 Å². The number of ether oxygens (including phenoxy) is 1. The topological polar surface area (TPSA) is 58.6 Å². The lowest BCUT2D eigenvalue weighted by molar-refractivity contribution is -0.0213. The van der Waals surface area contributed by atoms with E-state index >= 15 is 0 Å². The number of aliphatic hydroxyl groups is 1. The lowest BCUT2D eigenvalue weighted by atomic mass is 9.76. The zero-order valence-electron chi connectivity index (χ0n) is 21.3. The summed E-state index contributed by atoms with van der Waals surface area (Å²) >= 11 is 0. The fourth-order valence-corrected chi connectivity index (χ4v) is 3.49. The van der Waals surface area contributed by atoms with Crippen LogP contribution in [0.3, 0.4) is 0 Å². The Morgan fingerprint density at radius 1 is 0.938 bits per heavy atom. The van der Waals surface area contributed by atoms with Gasteiger partial charge >= 0.3 is 0 Å². The van der Waals surface area contributed by atoms with Crippen LogP contribution in [-0.2, 0) is 10.8 Å². The molecule has 1 amide bonds. The number of benzene rings is 2. The van der Waals surface area contributed by atoms with Gasteiger partial charge < -0.3 is 15.2 Å². The molecule has 0 saturated carbocycles. The molecule has 0 radical (unpaired) electrons. The summed E-state index contributed by atoms with van der Waals surface area (Å²) in [5.41, 5.74) is 2.72. The van der Waals surface area contributed by atoms with E-state index in [1.807, 2.05) is 26.8 Å². The Labute approximate surface area is 194 Å². The summed E-state index contributed by atoms with van der Waals surface area (Å²) in [5.74, 6) is 0.413. The molecule has 2 aromatic rings. The van der Waals surface area contributed by atoms with Crippen molar-refractivity contribution in [2.75, 3.05) is 0 Å². The molecule has 32 heavy (non-hydrogen) atoms. The van der Waals surface area contributed by atoms with Crippen LogP contribution < -0.4 is 10.1 Å². The van der Waals surface area contributed by atoms with Crippen LogP contribution in [0.1, 0.15) is 108 Å². The number of nitrogens with one attached hydrogen (secondary N) is 1. The maximum Gasteiger partial charge on any atom is 0.252 e. The van der Waals surface area contributed by atoms with Gasteiger partial charge in [-0.1, -0.05) is 71.9 Å². The molecular weight excluding hydrogens is 398 g/mol. The van der Waals surface area contributed by atoms with Gasteiger partial charge in [-0.15, -0.1) is 0 Å². The van der Waals surface area contributed by atoms with Crippen molar-refractivity contribution >= 4 is 5.91 Å². The van der Waals surface area contributed by atoms with Crippen LogP contribution in [0.25, 0.3) is 0 Å². The Morgan fingerprint density at radius 2 is 1.53 bits per heavy atom. The zero-order chi connectivity index (χ0) is 24.3. The van der Waals surface area contributed by atoms with Crippen molar-refractivity contribution in [3.8, 4) is 5.75 Å². The Balaban J connectivity index is 2.46. The molecule has 1 atom stereocenters. The summed E-state index contributed by atoms with van der Waals surface area (Å²) in [6, 6.07) is 13.3. The number of carbonyl (C=O) groups is 1. The number of amides is 1. The molecule has 0 spiro atoms. The molecule has 0 aliphatic heterocycles. The van der Waals surface area contributed by atoms with E-state index in [2.05, 4.69) is 59.0 Å². The molecule has 2 aromatic carbocycles. The van der Waals surface area contributed by atoms with Crippen LogP contribution in [0.2, 0.25) is 0 Å². The summed E-state index contributed by atoms with van der Waals surface area (Å²) in [7, 11) is 0. The lowest BCUT2D eigenvalue weighted by Gasteiger charge is -2.31. The fraction of sp³-hybridized carbons (Fsp3) is 0.536. The van der Waals surface area contributed by atoms with Gasteiger partial charge in [0.2, 0.25) is 6.29 Å². The van der Waals surface area contributed by atoms with Gasteiger partial charge in [0, 0.05) is 22.2 Å². The average molecular weight is 440 g/mol. The predicted molar refractivity (Wildman–Crippen MR) is 132 cm³/mol. The number of hydrogen-bond acceptors (Lipinski definition) is 3. The highest BCUT2D eigenvalue weighted by Gasteiger charge is 2.28. The van der Waals surface area contributed by atoms with Crippen LogP contribution in [0.4, 0.5) is 0 Å². The Bertz CT molecular complexity index is 938. The Kier molecular flexibility index (Phi) is 7.83. The van der Waals surface area contributed by atoms with Gasteiger partial charge in [0.25, 0.3) is 5.91 Å². The summed E-state index contributed by atoms with van der Waals surface area (Å²) in [6.45, 7) is 19.0. The summed E-state index contributed by atoms with van der Waals surface area (Å²) in [5, 5.41) is 14.0. The first-order valence-electron chi connectivity index (χ1n) is 11.6. The standard InChI is InChI=1S/C28H41NO3/c1-10-27(6,7)19-16-17-23(22(18-19)28(8,9)11-2)32-25(31)21-15-13-12-14-20(21)24(30)29-26(3,4)5/h12-18,25,31H,10-11H2,1-9H3,(H,29,30). The van der Waals surface area contributed by atoms with Crippen LogP contribution in [-0.4, -0.2) is 16.6 Å². The second-order valence-electron chi connectivity index (χ2n) is 10.9. The SMILES string of the molecule is CCC(C)(C)c1ccc(OC(O)c2ccccc2C(=O)NC(C)(C)C)c(C(C)(C)CC)c1. The Hall–Kier alpha value is -2.33. The lowest BCUT2D eigenvalue weighted by Crippen LogP contribution is -2.41. The fourth-order valence-electron chi connectivity index (χ4n) is 3.49. The number of rotatable bonds is 8. The Morgan fingerprint density at radius 3 is 2.09 bits per heavy atom. The normalized spacial score (nSPS) is 13.6. The molecule has 2 N–H and O–H groups in total. The van der Waals surface area contributed by atoms with Gasteiger partial charge in [-0.2, -0.15) is 0 Å². The van der Waals surface area contributed by atoms with Crippen molar-refractivity contribution in [1.82, 2.24) is 5.32 Å². The minimum atomic E-state index is -1.26. The van der Waals surface area contributed by atoms with Crippen molar-refractivity contribution in [2.24, 2.45) is 0 Å². The molecule has 1 unspecified atom stereocenters. The quantitative estimate of drug-likeness (QED) is 0.452. The van der Waals surface area contributed by atoms with Crippen LogP contribution in [0.5, 0.6) is 5.75 Å². The first kappa shape index (κ1) is 25.9. The second-order valence-corrected chi connectivity index (χ2v) is 10.9. The van der Waals surface area contributed by atoms with E-state index < -0.39 is 6.29 Å². The molecule has 0 saturated heterocycles. The third-order valence-electron chi connectivity index (χ3n) is 6.46. The average Bonchev–Trinajstić information content (AvgIpc) is 2.72. The van der Waals surface area contributed by atoms with Crippen molar-refractivity contribution < 1.29 is 14.6 Å². The first-order chi connectivity index (χ1) is 14.7. The first-order valence-corrected chi connectivity index (χ1v) is 11.6. The smallest absolute Gasteiger partial charge is 0.252 e. The largest absolute Gasteiger partial charge is 0.460 e. The van der Waals surface area contributed by atoms with E-state index in [0.717, 1.165) is 18.4 Å². The highest BCUT2D eigenvalue weighted by molar-refractivity contribution is 5.96. The van der Waals surface area contributed by atoms with Crippen molar-refractivity contribution in [3.05, 3.63) is 64.7 Å². The molecular formula is C28H41NO3. The molecule has 0 aromatic heterocycles. The summed E-state index contributed by atoms with van der Waals surface area (Å²) in [6.07, 6.45) is 0.700. The molecule has 176 valence electrons. The van der Waals surface area contributed by atoms with E-state index in [-0.39, 0.29) is 22.3 Å². The third kappa shape index (κ3) is 6.13. The van der Waals surface area contributed by atoms with Crippen LogP contribution in [0, 0.1) is 0 Å². The van der Waals surface area contributed by atoms with Gasteiger partial charge in [0.15, 0.2) is 0 Å². The number of carbonyl (C=O) groups excluding carboxylic acids is 1. The van der Waals surface area contributed by atoms with E-state index in [1.165, 1.54) is 5.56 Å². The highest BCUT2D eigenvalue weighted by Crippen LogP contribution is 2.39. The zero-order valence-corrected chi connectivity index (χ0v) is 21.3. The molecule has 2 rings (SSSR count).